The van der Waals surface area contributed by atoms with Gasteiger partial charge in [-0.3, -0.25) is 0 Å². The van der Waals surface area contributed by atoms with Gasteiger partial charge in [-0.25, -0.2) is 4.99 Å². The number of rotatable bonds is 8. The molecule has 2 rings (SSSR count). The number of nitrogens with one attached hydrogen (secondary N) is 2. The maximum absolute atomic E-state index is 5.70. The topological polar surface area (TPSA) is 54.9 Å². The SMILES string of the molecule is CCCOc1ccc(CN=C(NCC)NC2CCCC2)cc1OC. The van der Waals surface area contributed by atoms with Gasteiger partial charge in [-0.15, -0.1) is 0 Å². The molecular weight excluding hydrogens is 302 g/mol. The number of hydrogen-bond acceptors (Lipinski definition) is 3. The number of aliphatic imine (C=N–C) groups is 1. The van der Waals surface area contributed by atoms with Crippen LogP contribution in [-0.4, -0.2) is 32.3 Å². The van der Waals surface area contributed by atoms with Crippen LogP contribution < -0.4 is 20.1 Å². The van der Waals surface area contributed by atoms with Crippen molar-refractivity contribution in [1.82, 2.24) is 10.6 Å². The quantitative estimate of drug-likeness (QED) is 0.565. The standard InChI is InChI=1S/C19H31N3O2/c1-4-12-24-17-11-10-15(13-18(17)23-3)14-21-19(20-5-2)22-16-8-6-7-9-16/h10-11,13,16H,4-9,12,14H2,1-3H3,(H2,20,21,22). The lowest BCUT2D eigenvalue weighted by Crippen LogP contribution is -2.42. The largest absolute Gasteiger partial charge is 0.493 e. The molecule has 134 valence electrons. The summed E-state index contributed by atoms with van der Waals surface area (Å²) in [5.74, 6) is 2.46. The summed E-state index contributed by atoms with van der Waals surface area (Å²) in [6.45, 7) is 6.37. The Balaban J connectivity index is 2.01. The summed E-state index contributed by atoms with van der Waals surface area (Å²) in [7, 11) is 1.67. The molecule has 0 aromatic heterocycles. The molecule has 1 aliphatic carbocycles. The summed E-state index contributed by atoms with van der Waals surface area (Å²) in [4.78, 5) is 4.71. The van der Waals surface area contributed by atoms with Crippen LogP contribution in [0.5, 0.6) is 11.5 Å². The number of hydrogen-bond donors (Lipinski definition) is 2. The van der Waals surface area contributed by atoms with E-state index in [2.05, 4.69) is 30.5 Å². The first-order valence-corrected chi connectivity index (χ1v) is 9.11. The van der Waals surface area contributed by atoms with Crippen LogP contribution >= 0.6 is 0 Å². The van der Waals surface area contributed by atoms with Crippen LogP contribution in [0.3, 0.4) is 0 Å². The van der Waals surface area contributed by atoms with Crippen LogP contribution in [0.25, 0.3) is 0 Å². The first-order chi connectivity index (χ1) is 11.8. The third kappa shape index (κ3) is 5.62. The molecule has 0 unspecified atom stereocenters. The van der Waals surface area contributed by atoms with Gasteiger partial charge in [-0.2, -0.15) is 0 Å². The van der Waals surface area contributed by atoms with Gasteiger partial charge in [0.2, 0.25) is 0 Å². The molecule has 2 N–H and O–H groups in total. The van der Waals surface area contributed by atoms with E-state index >= 15 is 0 Å². The predicted octanol–water partition coefficient (Wildman–Crippen LogP) is 3.48. The molecule has 5 heteroatoms. The zero-order valence-corrected chi connectivity index (χ0v) is 15.2. The average Bonchev–Trinajstić information content (AvgIpc) is 3.11. The van der Waals surface area contributed by atoms with Gasteiger partial charge in [0.05, 0.1) is 20.3 Å². The smallest absolute Gasteiger partial charge is 0.191 e. The Labute approximate surface area is 145 Å². The second-order valence-electron chi connectivity index (χ2n) is 6.15. The molecule has 0 amide bonds. The fraction of sp³-hybridized carbons (Fsp3) is 0.632. The Morgan fingerprint density at radius 1 is 1.21 bits per heavy atom. The van der Waals surface area contributed by atoms with Gasteiger partial charge in [-0.05, 0) is 43.9 Å². The molecule has 1 fully saturated rings. The van der Waals surface area contributed by atoms with Crippen LogP contribution in [0.15, 0.2) is 23.2 Å². The van der Waals surface area contributed by atoms with Crippen molar-refractivity contribution in [3.05, 3.63) is 23.8 Å². The fourth-order valence-corrected chi connectivity index (χ4v) is 2.90. The molecule has 5 nitrogen and oxygen atoms in total. The molecule has 0 atom stereocenters. The highest BCUT2D eigenvalue weighted by molar-refractivity contribution is 5.80. The van der Waals surface area contributed by atoms with E-state index in [0.29, 0.717) is 19.2 Å². The Hall–Kier alpha value is -1.91. The highest BCUT2D eigenvalue weighted by atomic mass is 16.5. The number of benzene rings is 1. The summed E-state index contributed by atoms with van der Waals surface area (Å²) >= 11 is 0. The second-order valence-corrected chi connectivity index (χ2v) is 6.15. The zero-order valence-electron chi connectivity index (χ0n) is 15.2. The van der Waals surface area contributed by atoms with E-state index in [1.807, 2.05) is 12.1 Å². The van der Waals surface area contributed by atoms with Crippen molar-refractivity contribution in [3.8, 4) is 11.5 Å². The van der Waals surface area contributed by atoms with Gasteiger partial charge >= 0.3 is 0 Å². The van der Waals surface area contributed by atoms with E-state index < -0.39 is 0 Å². The minimum Gasteiger partial charge on any atom is -0.493 e. The van der Waals surface area contributed by atoms with Gasteiger partial charge in [-0.1, -0.05) is 25.8 Å². The summed E-state index contributed by atoms with van der Waals surface area (Å²) in [5, 5.41) is 6.87. The van der Waals surface area contributed by atoms with Crippen LogP contribution in [0.4, 0.5) is 0 Å². The van der Waals surface area contributed by atoms with E-state index in [1.54, 1.807) is 7.11 Å². The molecule has 24 heavy (non-hydrogen) atoms. The summed E-state index contributed by atoms with van der Waals surface area (Å²) < 4.78 is 11.1. The lowest BCUT2D eigenvalue weighted by atomic mass is 10.2. The second kappa shape index (κ2) is 10.1. The lowest BCUT2D eigenvalue weighted by molar-refractivity contribution is 0.294. The van der Waals surface area contributed by atoms with Crippen molar-refractivity contribution in [2.75, 3.05) is 20.3 Å². The van der Waals surface area contributed by atoms with Crippen molar-refractivity contribution >= 4 is 5.96 Å². The average molecular weight is 333 g/mol. The third-order valence-corrected chi connectivity index (χ3v) is 4.15. The molecular formula is C19H31N3O2. The van der Waals surface area contributed by atoms with E-state index in [-0.39, 0.29) is 0 Å². The lowest BCUT2D eigenvalue weighted by Gasteiger charge is -2.16. The minimum atomic E-state index is 0.558. The Morgan fingerprint density at radius 3 is 2.67 bits per heavy atom. The molecule has 0 saturated heterocycles. The zero-order chi connectivity index (χ0) is 17.2. The minimum absolute atomic E-state index is 0.558. The van der Waals surface area contributed by atoms with E-state index in [9.17, 15) is 0 Å². The highest BCUT2D eigenvalue weighted by Gasteiger charge is 2.15. The van der Waals surface area contributed by atoms with E-state index in [0.717, 1.165) is 36.0 Å². The molecule has 1 saturated carbocycles. The van der Waals surface area contributed by atoms with E-state index in [4.69, 9.17) is 14.5 Å². The van der Waals surface area contributed by atoms with Crippen molar-refractivity contribution < 1.29 is 9.47 Å². The van der Waals surface area contributed by atoms with Gasteiger partial charge < -0.3 is 20.1 Å². The number of guanidine groups is 1. The first kappa shape index (κ1) is 18.4. The molecule has 1 aromatic carbocycles. The molecule has 0 radical (unpaired) electrons. The Bertz CT molecular complexity index is 525. The predicted molar refractivity (Wildman–Crippen MR) is 99.0 cm³/mol. The van der Waals surface area contributed by atoms with Crippen LogP contribution in [0.1, 0.15) is 51.5 Å². The normalized spacial score (nSPS) is 15.4. The van der Waals surface area contributed by atoms with Gasteiger partial charge in [0.25, 0.3) is 0 Å². The number of methoxy groups -OCH3 is 1. The molecule has 0 bridgehead atoms. The maximum Gasteiger partial charge on any atom is 0.191 e. The molecule has 0 spiro atoms. The molecule has 1 aromatic rings. The monoisotopic (exact) mass is 333 g/mol. The fourth-order valence-electron chi connectivity index (χ4n) is 2.90. The number of ether oxygens (including phenoxy) is 2. The number of nitrogens with zero attached hydrogens (tertiary/aromatic N) is 1. The highest BCUT2D eigenvalue weighted by Crippen LogP contribution is 2.28. The van der Waals surface area contributed by atoms with E-state index in [1.165, 1.54) is 25.7 Å². The van der Waals surface area contributed by atoms with Crippen molar-refractivity contribution in [2.24, 2.45) is 4.99 Å². The van der Waals surface area contributed by atoms with Gasteiger partial charge in [0, 0.05) is 12.6 Å². The first-order valence-electron chi connectivity index (χ1n) is 9.11. The van der Waals surface area contributed by atoms with Crippen molar-refractivity contribution in [3.63, 3.8) is 0 Å². The maximum atomic E-state index is 5.70. The third-order valence-electron chi connectivity index (χ3n) is 4.15. The Morgan fingerprint density at radius 2 is 2.00 bits per heavy atom. The van der Waals surface area contributed by atoms with Crippen molar-refractivity contribution in [1.29, 1.82) is 0 Å². The molecule has 0 aliphatic heterocycles. The molecule has 1 aliphatic rings. The summed E-state index contributed by atoms with van der Waals surface area (Å²) in [6, 6.07) is 6.59. The molecule has 0 heterocycles. The van der Waals surface area contributed by atoms with Crippen LogP contribution in [0.2, 0.25) is 0 Å². The van der Waals surface area contributed by atoms with Crippen LogP contribution in [-0.2, 0) is 6.54 Å². The van der Waals surface area contributed by atoms with Crippen LogP contribution in [0, 0.1) is 0 Å². The van der Waals surface area contributed by atoms with Gasteiger partial charge in [0.1, 0.15) is 0 Å². The van der Waals surface area contributed by atoms with Gasteiger partial charge in [0.15, 0.2) is 17.5 Å². The summed E-state index contributed by atoms with van der Waals surface area (Å²) in [6.07, 6.45) is 6.08. The van der Waals surface area contributed by atoms with Crippen molar-refractivity contribution in [2.45, 2.75) is 58.5 Å². The summed E-state index contributed by atoms with van der Waals surface area (Å²) in [5.41, 5.74) is 1.11. The Kier molecular flexibility index (Phi) is 7.72.